The van der Waals surface area contributed by atoms with E-state index in [0.29, 0.717) is 48.0 Å². The van der Waals surface area contributed by atoms with E-state index in [-0.39, 0.29) is 22.4 Å². The topological polar surface area (TPSA) is 71.9 Å². The van der Waals surface area contributed by atoms with Gasteiger partial charge in [-0.05, 0) is 62.8 Å². The Balaban J connectivity index is 1.27. The van der Waals surface area contributed by atoms with Gasteiger partial charge in [0.1, 0.15) is 6.10 Å². The summed E-state index contributed by atoms with van der Waals surface area (Å²) in [6.45, 7) is 2.11. The predicted octanol–water partition coefficient (Wildman–Crippen LogP) is 6.91. The van der Waals surface area contributed by atoms with Crippen molar-refractivity contribution >= 4 is 34.8 Å². The van der Waals surface area contributed by atoms with Crippen LogP contribution in [0.5, 0.6) is 11.5 Å². The molecule has 8 nitrogen and oxygen atoms in total. The van der Waals surface area contributed by atoms with Crippen LogP contribution in [0.1, 0.15) is 51.2 Å². The van der Waals surface area contributed by atoms with Gasteiger partial charge < -0.3 is 29.2 Å². The zero-order chi connectivity index (χ0) is 32.0. The molecular formula is C34H36Cl2FN5O3. The lowest BCUT2D eigenvalue weighted by atomic mass is 9.96. The van der Waals surface area contributed by atoms with E-state index >= 15 is 4.39 Å². The number of carbonyl (C=O) groups is 1. The van der Waals surface area contributed by atoms with Gasteiger partial charge in [0.25, 0.3) is 5.91 Å². The quantitative estimate of drug-likeness (QED) is 0.223. The van der Waals surface area contributed by atoms with Crippen LogP contribution in [-0.4, -0.2) is 60.1 Å². The van der Waals surface area contributed by atoms with Crippen LogP contribution in [0.3, 0.4) is 0 Å². The second kappa shape index (κ2) is 12.6. The summed E-state index contributed by atoms with van der Waals surface area (Å²) in [5.41, 5.74) is 6.86. The summed E-state index contributed by atoms with van der Waals surface area (Å²) in [5, 5.41) is 3.61. The van der Waals surface area contributed by atoms with E-state index in [4.69, 9.17) is 32.7 Å². The minimum absolute atomic E-state index is 0.0235. The summed E-state index contributed by atoms with van der Waals surface area (Å²) in [4.78, 5) is 22.1. The molecule has 0 fully saturated rings. The number of nitrogens with one attached hydrogen (secondary N) is 1. The van der Waals surface area contributed by atoms with Gasteiger partial charge in [-0.25, -0.2) is 4.98 Å². The molecule has 0 saturated carbocycles. The van der Waals surface area contributed by atoms with Gasteiger partial charge in [0, 0.05) is 49.9 Å². The summed E-state index contributed by atoms with van der Waals surface area (Å²) in [6.07, 6.45) is 1.77. The van der Waals surface area contributed by atoms with Crippen LogP contribution >= 0.6 is 23.2 Å². The number of anilines is 1. The Morgan fingerprint density at radius 3 is 2.62 bits per heavy atom. The van der Waals surface area contributed by atoms with Crippen molar-refractivity contribution in [1.29, 1.82) is 0 Å². The number of rotatable bonds is 8. The zero-order valence-electron chi connectivity index (χ0n) is 26.0. The molecule has 1 unspecified atom stereocenters. The Bertz CT molecular complexity index is 1790. The third-order valence-corrected chi connectivity index (χ3v) is 9.25. The maximum absolute atomic E-state index is 15.6. The molecule has 3 aromatic carbocycles. The van der Waals surface area contributed by atoms with E-state index in [1.165, 1.54) is 7.11 Å². The second-order valence-corrected chi connectivity index (χ2v) is 12.7. The number of amides is 1. The van der Waals surface area contributed by atoms with Gasteiger partial charge in [-0.3, -0.25) is 4.79 Å². The highest BCUT2D eigenvalue weighted by molar-refractivity contribution is 6.36. The van der Waals surface area contributed by atoms with Gasteiger partial charge in [0.15, 0.2) is 17.3 Å². The average molecular weight is 653 g/mol. The van der Waals surface area contributed by atoms with Gasteiger partial charge in [0.05, 0.1) is 28.5 Å². The van der Waals surface area contributed by atoms with E-state index < -0.39 is 11.9 Å². The Kier molecular flexibility index (Phi) is 8.81. The van der Waals surface area contributed by atoms with E-state index in [1.54, 1.807) is 12.1 Å². The fraction of sp³-hybridized carbons (Fsp3) is 0.353. The van der Waals surface area contributed by atoms with Crippen LogP contribution in [0.4, 0.5) is 10.1 Å². The largest absolute Gasteiger partial charge is 0.493 e. The number of hydrogen-bond donors (Lipinski definition) is 1. The summed E-state index contributed by atoms with van der Waals surface area (Å²) in [7, 11) is 9.15. The first-order valence-corrected chi connectivity index (χ1v) is 15.6. The summed E-state index contributed by atoms with van der Waals surface area (Å²) >= 11 is 13.5. The highest BCUT2D eigenvalue weighted by atomic mass is 35.5. The van der Waals surface area contributed by atoms with Crippen molar-refractivity contribution in [2.24, 2.45) is 7.05 Å². The van der Waals surface area contributed by atoms with E-state index in [2.05, 4.69) is 15.2 Å². The number of nitrogens with zero attached hydrogens (tertiary/aromatic N) is 4. The molecule has 1 amide bonds. The lowest BCUT2D eigenvalue weighted by Crippen LogP contribution is -2.27. The minimum atomic E-state index is -0.612. The number of benzene rings is 3. The number of ether oxygens (including phenoxy) is 2. The number of halogens is 3. The number of likely N-dealkylation sites (N-methyl/N-ethyl adjacent to an activating group) is 1. The smallest absolute Gasteiger partial charge is 0.291 e. The van der Waals surface area contributed by atoms with Gasteiger partial charge in [-0.15, -0.1) is 0 Å². The van der Waals surface area contributed by atoms with E-state index in [0.717, 1.165) is 46.6 Å². The van der Waals surface area contributed by atoms with Gasteiger partial charge >= 0.3 is 0 Å². The monoisotopic (exact) mass is 651 g/mol. The summed E-state index contributed by atoms with van der Waals surface area (Å²) in [6, 6.07) is 13.2. The van der Waals surface area contributed by atoms with Crippen molar-refractivity contribution < 1.29 is 18.7 Å². The Hall–Kier alpha value is -3.63. The molecule has 1 aromatic heterocycles. The van der Waals surface area contributed by atoms with Crippen molar-refractivity contribution in [1.82, 2.24) is 19.4 Å². The molecule has 6 rings (SSSR count). The highest BCUT2D eigenvalue weighted by Crippen LogP contribution is 2.46. The van der Waals surface area contributed by atoms with Crippen molar-refractivity contribution in [3.8, 4) is 22.6 Å². The number of hydrogen-bond acceptors (Lipinski definition) is 6. The van der Waals surface area contributed by atoms with Crippen LogP contribution in [0.15, 0.2) is 42.5 Å². The fourth-order valence-electron chi connectivity index (χ4n) is 6.43. The Morgan fingerprint density at radius 1 is 1.11 bits per heavy atom. The number of aromatic nitrogens is 2. The number of imidazole rings is 1. The SMILES string of the molecule is COc1c(CN(C)C)cc(Cl)c(OC2CCc3c(-c4cccc(NC(=O)c5nc6c(n5C)CCN(C)C6)c4Cl)cccc32)c1F. The van der Waals surface area contributed by atoms with Crippen LogP contribution in [0.2, 0.25) is 10.0 Å². The maximum atomic E-state index is 15.6. The molecule has 0 saturated heterocycles. The molecule has 45 heavy (non-hydrogen) atoms. The van der Waals surface area contributed by atoms with Crippen molar-refractivity contribution in [2.75, 3.05) is 40.1 Å². The third-order valence-electron chi connectivity index (χ3n) is 8.56. The molecule has 2 heterocycles. The zero-order valence-corrected chi connectivity index (χ0v) is 27.5. The van der Waals surface area contributed by atoms with E-state index in [9.17, 15) is 4.79 Å². The van der Waals surface area contributed by atoms with Gasteiger partial charge in [-0.1, -0.05) is 53.5 Å². The van der Waals surface area contributed by atoms with Crippen molar-refractivity contribution in [3.05, 3.63) is 92.2 Å². The lowest BCUT2D eigenvalue weighted by Gasteiger charge is -2.21. The lowest BCUT2D eigenvalue weighted by molar-refractivity contribution is 0.101. The van der Waals surface area contributed by atoms with Crippen molar-refractivity contribution in [3.63, 3.8) is 0 Å². The average Bonchev–Trinajstić information content (AvgIpc) is 3.56. The summed E-state index contributed by atoms with van der Waals surface area (Å²) < 4.78 is 29.2. The first-order chi connectivity index (χ1) is 21.6. The standard InChI is InChI=1S/C34H36Cl2FN5O3/c1-40(2)17-19-16-24(35)32(30(37)31(19)44-5)45-28-13-12-21-20(8-6-9-22(21)28)23-10-7-11-25(29(23)36)39-34(43)33-38-26-18-41(3)15-14-27(26)42(33)4/h6-11,16,28H,12-15,17-18H2,1-5H3,(H,39,43). The molecule has 1 atom stereocenters. The number of carbonyl (C=O) groups excluding carboxylic acids is 1. The second-order valence-electron chi connectivity index (χ2n) is 11.9. The minimum Gasteiger partial charge on any atom is -0.493 e. The molecular weight excluding hydrogens is 616 g/mol. The molecule has 236 valence electrons. The molecule has 0 spiro atoms. The van der Waals surface area contributed by atoms with E-state index in [1.807, 2.05) is 68.0 Å². The molecule has 1 aliphatic carbocycles. The Morgan fingerprint density at radius 2 is 1.87 bits per heavy atom. The first kappa shape index (κ1) is 31.4. The van der Waals surface area contributed by atoms with Crippen LogP contribution < -0.4 is 14.8 Å². The van der Waals surface area contributed by atoms with Crippen LogP contribution in [0, 0.1) is 5.82 Å². The highest BCUT2D eigenvalue weighted by Gasteiger charge is 2.31. The van der Waals surface area contributed by atoms with Gasteiger partial charge in [-0.2, -0.15) is 4.39 Å². The third kappa shape index (κ3) is 5.90. The maximum Gasteiger partial charge on any atom is 0.291 e. The normalized spacial score (nSPS) is 16.1. The van der Waals surface area contributed by atoms with Crippen LogP contribution in [0.25, 0.3) is 11.1 Å². The number of fused-ring (bicyclic) bond motifs is 2. The molecule has 4 aromatic rings. The molecule has 2 aliphatic rings. The van der Waals surface area contributed by atoms with Gasteiger partial charge in [0.2, 0.25) is 5.82 Å². The molecule has 0 bridgehead atoms. The number of methoxy groups -OCH3 is 1. The molecule has 0 radical (unpaired) electrons. The molecule has 11 heteroatoms. The van der Waals surface area contributed by atoms with Crippen LogP contribution in [-0.2, 0) is 33.0 Å². The molecule has 1 N–H and O–H groups in total. The summed E-state index contributed by atoms with van der Waals surface area (Å²) in [5.74, 6) is -0.470. The molecule has 1 aliphatic heterocycles. The predicted molar refractivity (Wildman–Crippen MR) is 175 cm³/mol. The van der Waals surface area contributed by atoms with Crippen molar-refractivity contribution in [2.45, 2.75) is 38.5 Å². The first-order valence-electron chi connectivity index (χ1n) is 14.9. The fourth-order valence-corrected chi connectivity index (χ4v) is 6.96. The Labute approximate surface area is 272 Å².